The molecule has 22 nitrogen and oxygen atoms in total. The molecule has 3 aromatic heterocycles. The van der Waals surface area contributed by atoms with Crippen molar-refractivity contribution in [3.63, 3.8) is 0 Å². The summed E-state index contributed by atoms with van der Waals surface area (Å²) < 4.78 is 24.4. The van der Waals surface area contributed by atoms with Crippen LogP contribution in [0.1, 0.15) is 127 Å². The summed E-state index contributed by atoms with van der Waals surface area (Å²) in [6.07, 6.45) is 14.8. The van der Waals surface area contributed by atoms with Crippen LogP contribution in [0.15, 0.2) is 310 Å². The standard InChI is InChI=1S/C37H39N5O3.C36H36N4O3.C35H34N4O3/c1-26(2)40(3)37(44)39-30-14-20-33(21-15-30)45-32-18-12-29(13-19-32)38-36(43)27-10-16-31(17-11-27)42-25-28(24-41-22-6-7-23-41)34-8-4-5-9-35(34)42;1-25(2)35(41)37-28-11-17-31(18-12-28)43-32-19-13-29(14-20-32)38-36(42)26-9-15-30(16-10-26)40-24-27(23-39-21-5-6-22-39)33-7-3-4-8-34(33)40;1-2-34(40)36-27-11-17-30(18-12-27)42-31-19-13-28(14-20-31)37-35(41)25-9-15-29(16-10-25)39-24-26(23-38-21-5-6-22-38)32-7-3-4-8-33(32)39/h4-5,8-21,25-26H,6-7,22-24H2,1-3H3,(H,38,43)(H,39,44);3-4,7-20,24-25H,5-6,21-23H2,1-2H3,(H,37,41)(H,38,42);3-4,7-20,24H,2,5-6,21-23H2,1H3,(H,36,40)(H,37,41). The van der Waals surface area contributed by atoms with E-state index in [9.17, 15) is 28.8 Å². The number of benzene rings is 12. The molecule has 0 radical (unpaired) electrons. The van der Waals surface area contributed by atoms with E-state index in [1.54, 1.807) is 72.6 Å². The molecule has 660 valence electrons. The van der Waals surface area contributed by atoms with Crippen LogP contribution >= 0.6 is 0 Å². The van der Waals surface area contributed by atoms with Crippen LogP contribution in [0, 0.1) is 5.92 Å². The number of rotatable bonds is 27. The molecule has 6 N–H and O–H groups in total. The van der Waals surface area contributed by atoms with Crippen molar-refractivity contribution >= 4 is 102 Å². The molecule has 0 bridgehead atoms. The van der Waals surface area contributed by atoms with E-state index in [-0.39, 0.29) is 47.5 Å². The third-order valence-electron chi connectivity index (χ3n) is 23.7. The molecule has 18 rings (SSSR count). The van der Waals surface area contributed by atoms with E-state index in [1.165, 1.54) is 87.9 Å². The van der Waals surface area contributed by atoms with E-state index >= 15 is 0 Å². The van der Waals surface area contributed by atoms with Crippen LogP contribution in [-0.2, 0) is 29.2 Å². The first-order valence-corrected chi connectivity index (χ1v) is 44.8. The fourth-order valence-electron chi connectivity index (χ4n) is 16.3. The maximum atomic E-state index is 13.0. The zero-order valence-corrected chi connectivity index (χ0v) is 74.2. The monoisotopic (exact) mass is 1730 g/mol. The number of carbonyl (C=O) groups is 6. The smallest absolute Gasteiger partial charge is 0.321 e. The summed E-state index contributed by atoms with van der Waals surface area (Å²) in [5.74, 6) is 3.19. The second kappa shape index (κ2) is 41.7. The van der Waals surface area contributed by atoms with Gasteiger partial charge in [0.05, 0.1) is 16.6 Å². The Bertz CT molecular complexity index is 6410. The number of likely N-dealkylation sites (tertiary alicyclic amines) is 3. The molecule has 15 aromatic rings. The van der Waals surface area contributed by atoms with E-state index in [0.717, 1.165) is 87.3 Å². The van der Waals surface area contributed by atoms with Gasteiger partial charge >= 0.3 is 6.03 Å². The van der Waals surface area contributed by atoms with Crippen molar-refractivity contribution in [2.24, 2.45) is 5.92 Å². The van der Waals surface area contributed by atoms with Gasteiger partial charge < -0.3 is 64.7 Å². The van der Waals surface area contributed by atoms with Crippen molar-refractivity contribution in [3.05, 3.63) is 343 Å². The lowest BCUT2D eigenvalue weighted by atomic mass is 10.1. The van der Waals surface area contributed by atoms with Crippen molar-refractivity contribution < 1.29 is 43.0 Å². The lowest BCUT2D eigenvalue weighted by Gasteiger charge is -2.21. The van der Waals surface area contributed by atoms with Crippen LogP contribution < -0.4 is 46.1 Å². The number of fused-ring (bicyclic) bond motifs is 3. The Balaban J connectivity index is 0.000000143. The van der Waals surface area contributed by atoms with Crippen LogP contribution in [-0.4, -0.2) is 121 Å². The molecule has 3 fully saturated rings. The summed E-state index contributed by atoms with van der Waals surface area (Å²) in [5, 5.41) is 21.3. The molecule has 7 amide bonds. The number of aromatic nitrogens is 3. The number of hydrogen-bond donors (Lipinski definition) is 6. The van der Waals surface area contributed by atoms with E-state index < -0.39 is 0 Å². The lowest BCUT2D eigenvalue weighted by Crippen LogP contribution is -2.36. The van der Waals surface area contributed by atoms with Crippen LogP contribution in [0.3, 0.4) is 0 Å². The number of ether oxygens (including phenoxy) is 3. The Labute approximate surface area is 758 Å². The number of nitrogens with one attached hydrogen (secondary N) is 6. The molecule has 12 aromatic carbocycles. The Kier molecular flexibility index (Phi) is 28.4. The highest BCUT2D eigenvalue weighted by Gasteiger charge is 2.23. The lowest BCUT2D eigenvalue weighted by molar-refractivity contribution is -0.119. The Hall–Kier alpha value is -14.8. The quantitative estimate of drug-likeness (QED) is 0.0282. The molecule has 0 spiro atoms. The highest BCUT2D eigenvalue weighted by atomic mass is 16.5. The van der Waals surface area contributed by atoms with Gasteiger partial charge in [0.25, 0.3) is 17.7 Å². The van der Waals surface area contributed by atoms with Gasteiger partial charge in [0, 0.05) is 148 Å². The molecule has 6 heterocycles. The van der Waals surface area contributed by atoms with E-state index in [4.69, 9.17) is 14.2 Å². The van der Waals surface area contributed by atoms with Crippen molar-refractivity contribution in [3.8, 4) is 51.6 Å². The van der Waals surface area contributed by atoms with Gasteiger partial charge in [0.1, 0.15) is 34.5 Å². The van der Waals surface area contributed by atoms with Crippen molar-refractivity contribution in [1.29, 1.82) is 0 Å². The van der Waals surface area contributed by atoms with Crippen LogP contribution in [0.5, 0.6) is 34.5 Å². The molecule has 0 unspecified atom stereocenters. The zero-order valence-electron chi connectivity index (χ0n) is 74.2. The van der Waals surface area contributed by atoms with Gasteiger partial charge in [0.15, 0.2) is 0 Å². The minimum absolute atomic E-state index is 0.0290. The van der Waals surface area contributed by atoms with Gasteiger partial charge in [-0.2, -0.15) is 0 Å². The van der Waals surface area contributed by atoms with Crippen molar-refractivity contribution in [2.45, 2.75) is 105 Å². The second-order valence-corrected chi connectivity index (χ2v) is 33.7. The predicted octanol–water partition coefficient (Wildman–Crippen LogP) is 23.6. The van der Waals surface area contributed by atoms with Gasteiger partial charge in [-0.1, -0.05) is 75.4 Å². The van der Waals surface area contributed by atoms with Crippen LogP contribution in [0.4, 0.5) is 38.9 Å². The summed E-state index contributed by atoms with van der Waals surface area (Å²) in [7, 11) is 1.76. The third-order valence-corrected chi connectivity index (χ3v) is 23.7. The van der Waals surface area contributed by atoms with Gasteiger partial charge in [-0.15, -0.1) is 0 Å². The molecular weight excluding hydrogens is 1620 g/mol. The summed E-state index contributed by atoms with van der Waals surface area (Å²) >= 11 is 0. The third kappa shape index (κ3) is 22.6. The van der Waals surface area contributed by atoms with Gasteiger partial charge in [0.2, 0.25) is 11.8 Å². The Morgan fingerprint density at radius 2 is 0.569 bits per heavy atom. The number of urea groups is 1. The molecule has 22 heteroatoms. The topological polar surface area (TPSA) is 230 Å². The van der Waals surface area contributed by atoms with Gasteiger partial charge in [-0.25, -0.2) is 4.79 Å². The number of hydrogen-bond acceptors (Lipinski definition) is 12. The minimum Gasteiger partial charge on any atom is -0.457 e. The summed E-state index contributed by atoms with van der Waals surface area (Å²) in [6, 6.07) is 92.0. The van der Waals surface area contributed by atoms with E-state index in [0.29, 0.717) is 80.4 Å². The fourth-order valence-corrected chi connectivity index (χ4v) is 16.3. The Morgan fingerprint density at radius 3 is 0.831 bits per heavy atom. The van der Waals surface area contributed by atoms with Crippen molar-refractivity contribution in [2.75, 3.05) is 78.2 Å². The summed E-state index contributed by atoms with van der Waals surface area (Å²) in [4.78, 5) is 83.9. The average Bonchev–Trinajstić information content (AvgIpc) is 1.64. The van der Waals surface area contributed by atoms with Gasteiger partial charge in [-0.3, -0.25) is 38.7 Å². The minimum atomic E-state index is -0.178. The summed E-state index contributed by atoms with van der Waals surface area (Å²) in [6.45, 7) is 19.3. The van der Waals surface area contributed by atoms with Crippen LogP contribution in [0.25, 0.3) is 49.8 Å². The number of para-hydroxylation sites is 3. The maximum absolute atomic E-state index is 13.0. The highest BCUT2D eigenvalue weighted by molar-refractivity contribution is 6.06. The largest absolute Gasteiger partial charge is 0.457 e. The average molecular weight is 1730 g/mol. The first-order valence-electron chi connectivity index (χ1n) is 44.8. The molecule has 3 aliphatic heterocycles. The molecule has 0 saturated carbocycles. The molecular formula is C108H109N13O9. The van der Waals surface area contributed by atoms with E-state index in [2.05, 4.69) is 152 Å². The first kappa shape index (κ1) is 88.6. The Morgan fingerprint density at radius 1 is 0.315 bits per heavy atom. The molecule has 0 atom stereocenters. The van der Waals surface area contributed by atoms with Crippen LogP contribution in [0.2, 0.25) is 0 Å². The molecule has 0 aliphatic carbocycles. The second-order valence-electron chi connectivity index (χ2n) is 33.7. The van der Waals surface area contributed by atoms with Gasteiger partial charge in [-0.05, 0) is 345 Å². The molecule has 130 heavy (non-hydrogen) atoms. The number of amides is 7. The fraction of sp³-hybridized carbons (Fsp3) is 0.222. The highest BCUT2D eigenvalue weighted by Crippen LogP contribution is 2.35. The predicted molar refractivity (Wildman–Crippen MR) is 520 cm³/mol. The molecule has 3 aliphatic rings. The number of carbonyl (C=O) groups excluding carboxylic acids is 6. The zero-order chi connectivity index (χ0) is 90.0. The SMILES string of the molecule is CC(C)C(=O)Nc1ccc(Oc2ccc(NC(=O)c3ccc(-n4cc(CN5CCCC5)c5ccccc54)cc3)cc2)cc1.CC(C)N(C)C(=O)Nc1ccc(Oc2ccc(NC(=O)c3ccc(-n4cc(CN5CCCC5)c5ccccc54)cc3)cc2)cc1.CCC(=O)Nc1ccc(Oc2ccc(NC(=O)c3ccc(-n4cc(CN5CCCC5)c5ccccc54)cc3)cc2)cc1. The molecule has 3 saturated heterocycles. The van der Waals surface area contributed by atoms with E-state index in [1.807, 2.05) is 192 Å². The summed E-state index contributed by atoms with van der Waals surface area (Å²) in [5.41, 5.74) is 16.5. The first-order chi connectivity index (χ1) is 63.3. The maximum Gasteiger partial charge on any atom is 0.321 e. The normalized spacial score (nSPS) is 13.3. The van der Waals surface area contributed by atoms with Crippen molar-refractivity contribution in [1.82, 2.24) is 33.3 Å². The number of anilines is 6. The number of nitrogens with zero attached hydrogens (tertiary/aromatic N) is 7.